The smallest absolute Gasteiger partial charge is 0.338 e. The van der Waals surface area contributed by atoms with Crippen molar-refractivity contribution in [2.45, 2.75) is 44.2 Å². The molecule has 1 aliphatic rings. The standard InChI is InChI=1S/C17H24O8/c1-4-23-16(20)15-14(12(18)13(19)17(22-3)25-15)24-9-10-5-7-11(21-2)8-6-10/h5-8,12-15,17-19H,4,9H2,1-3H3/t12-,13+,14+,15+,17-/m0/s1. The predicted octanol–water partition coefficient (Wildman–Crippen LogP) is 0.237. The largest absolute Gasteiger partial charge is 0.497 e. The van der Waals surface area contributed by atoms with E-state index in [1.807, 2.05) is 0 Å². The average Bonchev–Trinajstić information content (AvgIpc) is 2.63. The molecule has 1 aromatic carbocycles. The van der Waals surface area contributed by atoms with Crippen molar-refractivity contribution in [1.82, 2.24) is 0 Å². The molecule has 0 saturated carbocycles. The van der Waals surface area contributed by atoms with Gasteiger partial charge in [-0.2, -0.15) is 0 Å². The minimum absolute atomic E-state index is 0.107. The third-order valence-electron chi connectivity index (χ3n) is 3.90. The molecule has 0 unspecified atom stereocenters. The van der Waals surface area contributed by atoms with E-state index in [0.29, 0.717) is 5.75 Å². The van der Waals surface area contributed by atoms with Gasteiger partial charge in [0.05, 0.1) is 20.3 Å². The number of benzene rings is 1. The van der Waals surface area contributed by atoms with Crippen LogP contribution in [0.25, 0.3) is 0 Å². The topological polar surface area (TPSA) is 104 Å². The zero-order valence-electron chi connectivity index (χ0n) is 14.5. The van der Waals surface area contributed by atoms with Crippen LogP contribution < -0.4 is 4.74 Å². The van der Waals surface area contributed by atoms with Crippen molar-refractivity contribution in [2.24, 2.45) is 0 Å². The van der Waals surface area contributed by atoms with Gasteiger partial charge in [-0.15, -0.1) is 0 Å². The number of aliphatic hydroxyl groups excluding tert-OH is 2. The number of methoxy groups -OCH3 is 2. The van der Waals surface area contributed by atoms with Crippen molar-refractivity contribution in [1.29, 1.82) is 0 Å². The van der Waals surface area contributed by atoms with Gasteiger partial charge in [-0.25, -0.2) is 4.79 Å². The highest BCUT2D eigenvalue weighted by atomic mass is 16.7. The molecular weight excluding hydrogens is 332 g/mol. The number of carbonyl (C=O) groups is 1. The first-order valence-electron chi connectivity index (χ1n) is 7.97. The third-order valence-corrected chi connectivity index (χ3v) is 3.90. The summed E-state index contributed by atoms with van der Waals surface area (Å²) in [6, 6.07) is 7.13. The highest BCUT2D eigenvalue weighted by Crippen LogP contribution is 2.26. The summed E-state index contributed by atoms with van der Waals surface area (Å²) in [5.41, 5.74) is 0.805. The number of rotatable bonds is 7. The molecule has 2 rings (SSSR count). The predicted molar refractivity (Wildman–Crippen MR) is 85.9 cm³/mol. The summed E-state index contributed by atoms with van der Waals surface area (Å²) < 4.78 is 26.1. The molecule has 0 bridgehead atoms. The highest BCUT2D eigenvalue weighted by molar-refractivity contribution is 5.75. The first kappa shape index (κ1) is 19.6. The van der Waals surface area contributed by atoms with Crippen molar-refractivity contribution in [3.63, 3.8) is 0 Å². The maximum atomic E-state index is 12.1. The van der Waals surface area contributed by atoms with Gasteiger partial charge in [0.2, 0.25) is 0 Å². The number of esters is 1. The summed E-state index contributed by atoms with van der Waals surface area (Å²) in [5.74, 6) is 0.0165. The summed E-state index contributed by atoms with van der Waals surface area (Å²) >= 11 is 0. The molecule has 0 spiro atoms. The van der Waals surface area contributed by atoms with Crippen LogP contribution >= 0.6 is 0 Å². The molecule has 1 fully saturated rings. The fourth-order valence-electron chi connectivity index (χ4n) is 2.55. The lowest BCUT2D eigenvalue weighted by Gasteiger charge is -2.40. The van der Waals surface area contributed by atoms with E-state index in [2.05, 4.69) is 0 Å². The van der Waals surface area contributed by atoms with Crippen LogP contribution in [0.5, 0.6) is 5.75 Å². The number of hydrogen-bond donors (Lipinski definition) is 2. The fourth-order valence-corrected chi connectivity index (χ4v) is 2.55. The second-order valence-corrected chi connectivity index (χ2v) is 5.52. The van der Waals surface area contributed by atoms with E-state index < -0.39 is 36.7 Å². The van der Waals surface area contributed by atoms with Gasteiger partial charge in [0.25, 0.3) is 0 Å². The van der Waals surface area contributed by atoms with Crippen LogP contribution in [0.1, 0.15) is 12.5 Å². The molecule has 8 heteroatoms. The van der Waals surface area contributed by atoms with Crippen molar-refractivity contribution < 1.29 is 38.7 Å². The number of carbonyl (C=O) groups excluding carboxylic acids is 1. The third kappa shape index (κ3) is 4.68. The Balaban J connectivity index is 2.10. The van der Waals surface area contributed by atoms with E-state index in [1.54, 1.807) is 38.3 Å². The first-order valence-corrected chi connectivity index (χ1v) is 7.97. The second-order valence-electron chi connectivity index (χ2n) is 5.52. The second kappa shape index (κ2) is 9.12. The Morgan fingerprint density at radius 1 is 1.16 bits per heavy atom. The molecule has 0 aliphatic carbocycles. The summed E-state index contributed by atoms with van der Waals surface area (Å²) in [4.78, 5) is 12.1. The maximum absolute atomic E-state index is 12.1. The minimum atomic E-state index is -1.37. The summed E-state index contributed by atoms with van der Waals surface area (Å²) in [6.07, 6.45) is -6.17. The molecule has 0 amide bonds. The number of aliphatic hydroxyl groups is 2. The molecule has 1 aliphatic heterocycles. The molecular formula is C17H24O8. The van der Waals surface area contributed by atoms with Gasteiger partial charge in [-0.1, -0.05) is 12.1 Å². The Bertz CT molecular complexity index is 546. The lowest BCUT2D eigenvalue weighted by molar-refractivity contribution is -0.296. The normalized spacial score (nSPS) is 29.2. The molecule has 1 saturated heterocycles. The molecule has 5 atom stereocenters. The van der Waals surface area contributed by atoms with Gasteiger partial charge in [0.1, 0.15) is 24.1 Å². The molecule has 140 valence electrons. The molecule has 25 heavy (non-hydrogen) atoms. The Kier molecular flexibility index (Phi) is 7.15. The van der Waals surface area contributed by atoms with E-state index in [1.165, 1.54) is 7.11 Å². The summed E-state index contributed by atoms with van der Waals surface area (Å²) in [7, 11) is 2.88. The molecule has 2 N–H and O–H groups in total. The van der Waals surface area contributed by atoms with Gasteiger partial charge in [-0.05, 0) is 24.6 Å². The van der Waals surface area contributed by atoms with Crippen LogP contribution in [0.4, 0.5) is 0 Å². The Morgan fingerprint density at radius 2 is 1.84 bits per heavy atom. The summed E-state index contributed by atoms with van der Waals surface area (Å²) in [5, 5.41) is 20.4. The van der Waals surface area contributed by atoms with Crippen LogP contribution in [0.3, 0.4) is 0 Å². The monoisotopic (exact) mass is 356 g/mol. The lowest BCUT2D eigenvalue weighted by atomic mass is 9.98. The van der Waals surface area contributed by atoms with Crippen LogP contribution in [0.15, 0.2) is 24.3 Å². The van der Waals surface area contributed by atoms with E-state index in [-0.39, 0.29) is 13.2 Å². The van der Waals surface area contributed by atoms with Crippen molar-refractivity contribution in [3.8, 4) is 5.75 Å². The average molecular weight is 356 g/mol. The molecule has 0 aromatic heterocycles. The minimum Gasteiger partial charge on any atom is -0.497 e. The Labute approximate surface area is 146 Å². The number of ether oxygens (including phenoxy) is 5. The van der Waals surface area contributed by atoms with Gasteiger partial charge >= 0.3 is 5.97 Å². The van der Waals surface area contributed by atoms with Crippen LogP contribution in [-0.4, -0.2) is 67.7 Å². The zero-order chi connectivity index (χ0) is 18.4. The van der Waals surface area contributed by atoms with Crippen LogP contribution in [0, 0.1) is 0 Å². The van der Waals surface area contributed by atoms with Gasteiger partial charge in [-0.3, -0.25) is 0 Å². The van der Waals surface area contributed by atoms with Crippen LogP contribution in [0.2, 0.25) is 0 Å². The maximum Gasteiger partial charge on any atom is 0.338 e. The first-order chi connectivity index (χ1) is 12.0. The lowest BCUT2D eigenvalue weighted by Crippen LogP contribution is -2.61. The van der Waals surface area contributed by atoms with E-state index >= 15 is 0 Å². The Hall–Kier alpha value is -1.71. The van der Waals surface area contributed by atoms with Gasteiger partial charge < -0.3 is 33.9 Å². The zero-order valence-corrected chi connectivity index (χ0v) is 14.5. The number of hydrogen-bond acceptors (Lipinski definition) is 8. The molecule has 0 radical (unpaired) electrons. The molecule has 8 nitrogen and oxygen atoms in total. The fraction of sp³-hybridized carbons (Fsp3) is 0.588. The van der Waals surface area contributed by atoms with Crippen molar-refractivity contribution >= 4 is 5.97 Å². The van der Waals surface area contributed by atoms with Crippen molar-refractivity contribution in [2.75, 3.05) is 20.8 Å². The van der Waals surface area contributed by atoms with Gasteiger partial charge in [0.15, 0.2) is 12.4 Å². The van der Waals surface area contributed by atoms with Gasteiger partial charge in [0, 0.05) is 7.11 Å². The SMILES string of the molecule is CCOC(=O)[C@@H]1O[C@H](OC)[C@H](O)[C@H](O)[C@H]1OCc1ccc(OC)cc1. The van der Waals surface area contributed by atoms with E-state index in [4.69, 9.17) is 23.7 Å². The summed E-state index contributed by atoms with van der Waals surface area (Å²) in [6.45, 7) is 1.92. The van der Waals surface area contributed by atoms with Crippen LogP contribution in [-0.2, 0) is 30.3 Å². The quantitative estimate of drug-likeness (QED) is 0.670. The van der Waals surface area contributed by atoms with Crippen molar-refractivity contribution in [3.05, 3.63) is 29.8 Å². The van der Waals surface area contributed by atoms with E-state index in [0.717, 1.165) is 5.56 Å². The molecule has 1 aromatic rings. The molecule has 1 heterocycles. The highest BCUT2D eigenvalue weighted by Gasteiger charge is 2.49. The van der Waals surface area contributed by atoms with E-state index in [9.17, 15) is 15.0 Å². The Morgan fingerprint density at radius 3 is 2.40 bits per heavy atom.